The van der Waals surface area contributed by atoms with Crippen molar-refractivity contribution in [1.29, 1.82) is 0 Å². The van der Waals surface area contributed by atoms with E-state index in [1.165, 1.54) is 26.2 Å². The van der Waals surface area contributed by atoms with Crippen LogP contribution in [0.2, 0.25) is 0 Å². The number of aliphatic hydroxyl groups is 1. The van der Waals surface area contributed by atoms with Gasteiger partial charge in [0, 0.05) is 36.4 Å². The molecule has 36 heavy (non-hydrogen) atoms. The average Bonchev–Trinajstić information content (AvgIpc) is 3.40. The smallest absolute Gasteiger partial charge is 0.330 e. The lowest BCUT2D eigenvalue weighted by atomic mass is 10.2. The molecule has 0 saturated carbocycles. The van der Waals surface area contributed by atoms with E-state index in [0.717, 1.165) is 14.9 Å². The highest BCUT2D eigenvalue weighted by Gasteiger charge is 2.40. The van der Waals surface area contributed by atoms with Crippen LogP contribution >= 0.6 is 8.00 Å². The van der Waals surface area contributed by atoms with Gasteiger partial charge in [0.25, 0.3) is 19.1 Å². The quantitative estimate of drug-likeness (QED) is 0.214. The number of halogens is 1. The third kappa shape index (κ3) is 5.47. The molecular weight excluding hydrogens is 506 g/mol. The zero-order valence-corrected chi connectivity index (χ0v) is 20.1. The Bertz CT molecular complexity index is 1380. The predicted octanol–water partition coefficient (Wildman–Crippen LogP) is -1.60. The van der Waals surface area contributed by atoms with Crippen LogP contribution in [0.4, 0.5) is 4.39 Å². The van der Waals surface area contributed by atoms with E-state index in [1.54, 1.807) is 0 Å². The Morgan fingerprint density at radius 1 is 1.08 bits per heavy atom. The van der Waals surface area contributed by atoms with Crippen molar-refractivity contribution in [3.05, 3.63) is 65.2 Å². The van der Waals surface area contributed by atoms with E-state index in [4.69, 9.17) is 19.0 Å². The van der Waals surface area contributed by atoms with E-state index >= 15 is 0 Å². The summed E-state index contributed by atoms with van der Waals surface area (Å²) < 4.78 is 32.7. The number of nitrogens with one attached hydrogen (secondary N) is 2. The van der Waals surface area contributed by atoms with E-state index in [0.29, 0.717) is 0 Å². The Kier molecular flexibility index (Phi) is 7.80. The van der Waals surface area contributed by atoms with E-state index < -0.39 is 74.0 Å². The van der Waals surface area contributed by atoms with Crippen LogP contribution in [0, 0.1) is 13.8 Å². The lowest BCUT2D eigenvalue weighted by molar-refractivity contribution is -0.291. The minimum absolute atomic E-state index is 0.0159. The monoisotopic (exact) mass is 530 g/mol. The molecule has 4 heterocycles. The minimum Gasteiger partial charge on any atom is -0.601 e. The van der Waals surface area contributed by atoms with Gasteiger partial charge in [-0.05, 0) is 18.5 Å². The molecule has 0 radical (unpaired) electrons. The van der Waals surface area contributed by atoms with Crippen LogP contribution in [-0.2, 0) is 19.0 Å². The predicted molar refractivity (Wildman–Crippen MR) is 120 cm³/mol. The average molecular weight is 530 g/mol. The van der Waals surface area contributed by atoms with Crippen LogP contribution in [0.5, 0.6) is 0 Å². The molecule has 196 valence electrons. The van der Waals surface area contributed by atoms with Crippen molar-refractivity contribution in [3.63, 3.8) is 0 Å². The maximum atomic E-state index is 14.5. The number of aromatic amines is 2. The van der Waals surface area contributed by atoms with Gasteiger partial charge < -0.3 is 19.5 Å². The van der Waals surface area contributed by atoms with Crippen LogP contribution in [0.15, 0.2) is 31.6 Å². The van der Waals surface area contributed by atoms with Crippen molar-refractivity contribution in [3.8, 4) is 0 Å². The summed E-state index contributed by atoms with van der Waals surface area (Å²) >= 11 is 0. The van der Waals surface area contributed by atoms with Gasteiger partial charge in [-0.25, -0.2) is 14.0 Å². The number of aryl methyl sites for hydroxylation is 2. The van der Waals surface area contributed by atoms with Gasteiger partial charge in [-0.3, -0.25) is 28.7 Å². The lowest BCUT2D eigenvalue weighted by Crippen LogP contribution is -2.33. The van der Waals surface area contributed by atoms with E-state index in [-0.39, 0.29) is 24.0 Å². The van der Waals surface area contributed by atoms with Crippen molar-refractivity contribution in [2.24, 2.45) is 0 Å². The van der Waals surface area contributed by atoms with E-state index in [9.17, 15) is 33.6 Å². The SMILES string of the molecule is Cc1cn([C@H]2C[C@H](F)[C@H](C=[P+]([O-])OO[C@H]3C[C@H](n4cc(C)c(=O)[nH]c4=O)O[C@@H]3CO)O2)c(=O)[nH]c1=O. The van der Waals surface area contributed by atoms with Crippen LogP contribution in [0.25, 0.3) is 0 Å². The van der Waals surface area contributed by atoms with Gasteiger partial charge in [0.1, 0.15) is 36.6 Å². The first-order chi connectivity index (χ1) is 17.1. The summed E-state index contributed by atoms with van der Waals surface area (Å²) in [7, 11) is -2.71. The highest BCUT2D eigenvalue weighted by molar-refractivity contribution is 7.44. The molecule has 14 nitrogen and oxygen atoms in total. The Hall–Kier alpha value is -2.78. The summed E-state index contributed by atoms with van der Waals surface area (Å²) in [5.74, 6) is 0.945. The van der Waals surface area contributed by atoms with Crippen molar-refractivity contribution in [2.45, 2.75) is 63.6 Å². The van der Waals surface area contributed by atoms with Crippen LogP contribution in [-0.4, -0.2) is 61.1 Å². The molecule has 7 atom stereocenters. The highest BCUT2D eigenvalue weighted by Crippen LogP contribution is 2.33. The minimum atomic E-state index is -2.71. The van der Waals surface area contributed by atoms with E-state index in [2.05, 4.69) is 9.97 Å². The number of rotatable bonds is 7. The number of aromatic nitrogens is 4. The van der Waals surface area contributed by atoms with Gasteiger partial charge in [-0.1, -0.05) is 0 Å². The molecule has 0 spiro atoms. The maximum Gasteiger partial charge on any atom is 0.330 e. The number of alkyl halides is 1. The number of H-pyrrole nitrogens is 2. The first-order valence-electron chi connectivity index (χ1n) is 10.9. The van der Waals surface area contributed by atoms with Gasteiger partial charge in [-0.2, -0.15) is 4.89 Å². The molecule has 16 heteroatoms. The third-order valence-corrected chi connectivity index (χ3v) is 6.65. The van der Waals surface area contributed by atoms with Gasteiger partial charge in [0.15, 0.2) is 6.10 Å². The van der Waals surface area contributed by atoms with Gasteiger partial charge in [0.2, 0.25) is 0 Å². The lowest BCUT2D eigenvalue weighted by Gasteiger charge is -2.15. The Balaban J connectivity index is 1.40. The normalized spacial score (nSPS) is 28.6. The van der Waals surface area contributed by atoms with E-state index in [1.807, 2.05) is 0 Å². The Morgan fingerprint density at radius 3 is 2.19 bits per heavy atom. The summed E-state index contributed by atoms with van der Waals surface area (Å²) in [4.78, 5) is 69.1. The highest BCUT2D eigenvalue weighted by atomic mass is 31.1. The van der Waals surface area contributed by atoms with Gasteiger partial charge >= 0.3 is 11.4 Å². The maximum absolute atomic E-state index is 14.5. The molecule has 2 saturated heterocycles. The second kappa shape index (κ2) is 10.7. The number of aliphatic hydroxyl groups excluding tert-OH is 1. The molecule has 2 fully saturated rings. The topological polar surface area (TPSA) is 190 Å². The van der Waals surface area contributed by atoms with Gasteiger partial charge in [0.05, 0.1) is 6.61 Å². The summed E-state index contributed by atoms with van der Waals surface area (Å²) in [5, 5.41) is 9.59. The number of ether oxygens (including phenoxy) is 2. The Labute approximate surface area is 202 Å². The third-order valence-electron chi connectivity index (χ3n) is 5.88. The standard InChI is InChI=1S/C20H24FN4O10P/c1-9-5-24(19(29)22-17(9)27)15-3-11(21)14(33-15)8-36(31)35-34-12-4-16(32-13(12)7-26)25-6-10(2)18(28)23-20(25)30/h5-6,8,11-16,26H,3-4,7H2,1-2H3,(H,22,27,29)(H,23,28,30)/t11-,12-,13+,14-,15+,16+/m0/s1. The zero-order valence-electron chi connectivity index (χ0n) is 19.2. The molecular formula is C20H24FN4O10P. The molecule has 2 aromatic rings. The molecule has 0 amide bonds. The molecule has 1 unspecified atom stereocenters. The largest absolute Gasteiger partial charge is 0.601 e. The fraction of sp³-hybridized carbons (Fsp3) is 0.550. The van der Waals surface area contributed by atoms with Gasteiger partial charge in [-0.15, -0.1) is 0 Å². The van der Waals surface area contributed by atoms with Crippen LogP contribution < -0.4 is 27.4 Å². The summed E-state index contributed by atoms with van der Waals surface area (Å²) in [6.45, 7) is 2.48. The van der Waals surface area contributed by atoms with Crippen molar-refractivity contribution in [1.82, 2.24) is 19.1 Å². The van der Waals surface area contributed by atoms with Crippen molar-refractivity contribution in [2.75, 3.05) is 6.61 Å². The second-order valence-corrected chi connectivity index (χ2v) is 9.47. The molecule has 3 N–H and O–H groups in total. The summed E-state index contributed by atoms with van der Waals surface area (Å²) in [6.07, 6.45) is -4.35. The van der Waals surface area contributed by atoms with Crippen LogP contribution in [0.1, 0.15) is 36.4 Å². The Morgan fingerprint density at radius 2 is 1.64 bits per heavy atom. The molecule has 4 rings (SSSR count). The summed E-state index contributed by atoms with van der Waals surface area (Å²) in [5.41, 5.74) is -2.09. The summed E-state index contributed by atoms with van der Waals surface area (Å²) in [6, 6.07) is 0. The zero-order chi connectivity index (χ0) is 26.1. The number of hydrogen-bond acceptors (Lipinski definition) is 10. The van der Waals surface area contributed by atoms with Crippen molar-refractivity contribution >= 4 is 13.8 Å². The van der Waals surface area contributed by atoms with Crippen LogP contribution in [0.3, 0.4) is 0 Å². The van der Waals surface area contributed by atoms with Crippen molar-refractivity contribution < 1.29 is 33.4 Å². The fourth-order valence-corrected chi connectivity index (χ4v) is 4.68. The number of nitrogens with zero attached hydrogens (tertiary/aromatic N) is 2. The first-order valence-corrected chi connectivity index (χ1v) is 12.2. The molecule has 2 aliphatic heterocycles. The molecule has 0 aliphatic carbocycles. The molecule has 0 bridgehead atoms. The number of hydrogen-bond donors (Lipinski definition) is 3. The molecule has 0 aromatic carbocycles. The second-order valence-electron chi connectivity index (χ2n) is 8.46. The first kappa shape index (κ1) is 26.3. The molecule has 2 aromatic heterocycles. The fourth-order valence-electron chi connectivity index (χ4n) is 3.94. The molecule has 2 aliphatic rings.